The maximum Gasteiger partial charge on any atom is 0.0558 e. The molecule has 1 spiro atoms. The van der Waals surface area contributed by atoms with Gasteiger partial charge in [-0.3, -0.25) is 0 Å². The van der Waals surface area contributed by atoms with Crippen molar-refractivity contribution in [1.29, 1.82) is 0 Å². The van der Waals surface area contributed by atoms with Crippen molar-refractivity contribution < 1.29 is 5.11 Å². The Morgan fingerprint density at radius 3 is 2.92 bits per heavy atom. The first-order valence-corrected chi connectivity index (χ1v) is 5.33. The van der Waals surface area contributed by atoms with Crippen molar-refractivity contribution in [3.05, 3.63) is 0 Å². The van der Waals surface area contributed by atoms with Gasteiger partial charge >= 0.3 is 0 Å². The Labute approximate surface area is 79.9 Å². The molecule has 0 aromatic heterocycles. The fraction of sp³-hybridized carbons (Fsp3) is 1.00. The molecule has 2 fully saturated rings. The van der Waals surface area contributed by atoms with Crippen LogP contribution in [0, 0.1) is 5.41 Å². The normalized spacial score (nSPS) is 40.6. The lowest BCUT2D eigenvalue weighted by Crippen LogP contribution is -2.28. The van der Waals surface area contributed by atoms with Gasteiger partial charge in [0.25, 0.3) is 0 Å². The minimum Gasteiger partial charge on any atom is -0.395 e. The van der Waals surface area contributed by atoms with Crippen LogP contribution in [0.15, 0.2) is 0 Å². The van der Waals surface area contributed by atoms with Crippen molar-refractivity contribution in [1.82, 2.24) is 4.90 Å². The third-order valence-electron chi connectivity index (χ3n) is 3.67. The molecule has 1 saturated carbocycles. The van der Waals surface area contributed by atoms with Crippen LogP contribution in [0.3, 0.4) is 0 Å². The second kappa shape index (κ2) is 3.56. The molecule has 0 aromatic rings. The van der Waals surface area contributed by atoms with Crippen LogP contribution in [-0.4, -0.2) is 42.3 Å². The Balaban J connectivity index is 1.89. The van der Waals surface area contributed by atoms with Crippen molar-refractivity contribution in [2.45, 2.75) is 31.7 Å². The zero-order valence-corrected chi connectivity index (χ0v) is 8.21. The molecule has 0 aromatic carbocycles. The molecule has 1 heterocycles. The summed E-state index contributed by atoms with van der Waals surface area (Å²) in [5.41, 5.74) is 6.46. The number of likely N-dealkylation sites (tertiary alicyclic amines) is 1. The summed E-state index contributed by atoms with van der Waals surface area (Å²) in [5.74, 6) is 0. The molecule has 3 N–H and O–H groups in total. The summed E-state index contributed by atoms with van der Waals surface area (Å²) in [5, 5.41) is 8.84. The zero-order chi connectivity index (χ0) is 9.31. The molecule has 2 rings (SSSR count). The second-order valence-electron chi connectivity index (χ2n) is 4.75. The van der Waals surface area contributed by atoms with Crippen LogP contribution in [0.2, 0.25) is 0 Å². The van der Waals surface area contributed by atoms with Gasteiger partial charge in [-0.25, -0.2) is 0 Å². The summed E-state index contributed by atoms with van der Waals surface area (Å²) in [7, 11) is 0. The van der Waals surface area contributed by atoms with Gasteiger partial charge in [-0.15, -0.1) is 0 Å². The van der Waals surface area contributed by atoms with Crippen LogP contribution < -0.4 is 5.73 Å². The lowest BCUT2D eigenvalue weighted by molar-refractivity contribution is 0.200. The Hall–Kier alpha value is -0.120. The van der Waals surface area contributed by atoms with Crippen molar-refractivity contribution >= 4 is 0 Å². The molecule has 0 radical (unpaired) electrons. The van der Waals surface area contributed by atoms with Crippen LogP contribution in [0.5, 0.6) is 0 Å². The number of aliphatic hydroxyl groups is 1. The summed E-state index contributed by atoms with van der Waals surface area (Å²) in [6.07, 6.45) is 5.00. The summed E-state index contributed by atoms with van der Waals surface area (Å²) in [4.78, 5) is 2.37. The number of nitrogens with two attached hydrogens (primary N) is 1. The van der Waals surface area contributed by atoms with E-state index in [1.54, 1.807) is 0 Å². The van der Waals surface area contributed by atoms with Crippen molar-refractivity contribution in [3.63, 3.8) is 0 Å². The van der Waals surface area contributed by atoms with E-state index in [1.165, 1.54) is 32.2 Å². The van der Waals surface area contributed by atoms with Crippen molar-refractivity contribution in [2.24, 2.45) is 11.1 Å². The number of hydrogen-bond acceptors (Lipinski definition) is 3. The van der Waals surface area contributed by atoms with Crippen LogP contribution in [0.25, 0.3) is 0 Å². The van der Waals surface area contributed by atoms with E-state index in [-0.39, 0.29) is 0 Å². The monoisotopic (exact) mass is 184 g/mol. The van der Waals surface area contributed by atoms with Gasteiger partial charge in [-0.2, -0.15) is 0 Å². The van der Waals surface area contributed by atoms with E-state index >= 15 is 0 Å². The number of aliphatic hydroxyl groups excluding tert-OH is 1. The SMILES string of the molecule is N[C@H]1CC[C@]2(CCN(CCO)C2)C1. The third kappa shape index (κ3) is 1.87. The van der Waals surface area contributed by atoms with Crippen LogP contribution in [0.1, 0.15) is 25.7 Å². The highest BCUT2D eigenvalue weighted by atomic mass is 16.3. The van der Waals surface area contributed by atoms with Crippen LogP contribution >= 0.6 is 0 Å². The highest BCUT2D eigenvalue weighted by Crippen LogP contribution is 2.44. The van der Waals surface area contributed by atoms with E-state index in [9.17, 15) is 0 Å². The molecule has 1 aliphatic heterocycles. The van der Waals surface area contributed by atoms with Gasteiger partial charge < -0.3 is 15.7 Å². The quantitative estimate of drug-likeness (QED) is 0.644. The van der Waals surface area contributed by atoms with Crippen LogP contribution in [-0.2, 0) is 0 Å². The van der Waals surface area contributed by atoms with Gasteiger partial charge in [0, 0.05) is 19.1 Å². The summed E-state index contributed by atoms with van der Waals surface area (Å²) >= 11 is 0. The van der Waals surface area contributed by atoms with E-state index in [0.717, 1.165) is 13.1 Å². The lowest BCUT2D eigenvalue weighted by Gasteiger charge is -2.23. The minimum atomic E-state index is 0.294. The number of rotatable bonds is 2. The van der Waals surface area contributed by atoms with E-state index in [4.69, 9.17) is 10.8 Å². The molecule has 1 saturated heterocycles. The van der Waals surface area contributed by atoms with Crippen LogP contribution in [0.4, 0.5) is 0 Å². The summed E-state index contributed by atoms with van der Waals surface area (Å²) in [6.45, 7) is 3.47. The average molecular weight is 184 g/mol. The standard InChI is InChI=1S/C10H20N2O/c11-9-1-2-10(7-9)3-4-12(8-10)5-6-13/h9,13H,1-8,11H2/t9-,10-/m0/s1. The molecule has 3 nitrogen and oxygen atoms in total. The molecule has 0 unspecified atom stereocenters. The topological polar surface area (TPSA) is 49.5 Å². The number of nitrogens with zero attached hydrogens (tertiary/aromatic N) is 1. The van der Waals surface area contributed by atoms with E-state index in [1.807, 2.05) is 0 Å². The van der Waals surface area contributed by atoms with E-state index < -0.39 is 0 Å². The Bertz CT molecular complexity index is 186. The zero-order valence-electron chi connectivity index (χ0n) is 8.21. The first-order valence-electron chi connectivity index (χ1n) is 5.33. The molecule has 1 aliphatic carbocycles. The summed E-state index contributed by atoms with van der Waals surface area (Å²) in [6, 6.07) is 0.439. The molecule has 2 aliphatic rings. The first-order chi connectivity index (χ1) is 6.24. The van der Waals surface area contributed by atoms with E-state index in [0.29, 0.717) is 18.1 Å². The van der Waals surface area contributed by atoms with Gasteiger partial charge in [0.05, 0.1) is 6.61 Å². The third-order valence-corrected chi connectivity index (χ3v) is 3.67. The minimum absolute atomic E-state index is 0.294. The summed E-state index contributed by atoms with van der Waals surface area (Å²) < 4.78 is 0. The molecule has 2 atom stereocenters. The molecule has 0 bridgehead atoms. The smallest absolute Gasteiger partial charge is 0.0558 e. The lowest BCUT2D eigenvalue weighted by atomic mass is 9.85. The van der Waals surface area contributed by atoms with Gasteiger partial charge in [0.2, 0.25) is 0 Å². The van der Waals surface area contributed by atoms with Crippen molar-refractivity contribution in [3.8, 4) is 0 Å². The van der Waals surface area contributed by atoms with E-state index in [2.05, 4.69) is 4.90 Å². The maximum absolute atomic E-state index is 8.84. The molecule has 13 heavy (non-hydrogen) atoms. The number of β-amino-alcohol motifs (C(OH)–C–C–N with tert-alkyl or cyclic N) is 1. The fourth-order valence-corrected chi connectivity index (χ4v) is 2.98. The highest BCUT2D eigenvalue weighted by molar-refractivity contribution is 4.97. The largest absolute Gasteiger partial charge is 0.395 e. The molecular formula is C10H20N2O. The van der Waals surface area contributed by atoms with Gasteiger partial charge in [-0.1, -0.05) is 0 Å². The maximum atomic E-state index is 8.84. The average Bonchev–Trinajstić information content (AvgIpc) is 2.62. The Kier molecular flexibility index (Phi) is 2.58. The molecule has 0 amide bonds. The molecule has 3 heteroatoms. The molecular weight excluding hydrogens is 164 g/mol. The predicted octanol–water partition coefficient (Wildman–Crippen LogP) is 0.182. The Morgan fingerprint density at radius 1 is 1.46 bits per heavy atom. The van der Waals surface area contributed by atoms with Gasteiger partial charge in [-0.05, 0) is 37.6 Å². The van der Waals surface area contributed by atoms with Gasteiger partial charge in [0.15, 0.2) is 0 Å². The van der Waals surface area contributed by atoms with Crippen molar-refractivity contribution in [2.75, 3.05) is 26.2 Å². The highest BCUT2D eigenvalue weighted by Gasteiger charge is 2.42. The fourth-order valence-electron chi connectivity index (χ4n) is 2.98. The first kappa shape index (κ1) is 9.44. The number of hydrogen-bond donors (Lipinski definition) is 2. The second-order valence-corrected chi connectivity index (χ2v) is 4.75. The Morgan fingerprint density at radius 2 is 2.31 bits per heavy atom. The molecule has 76 valence electrons. The van der Waals surface area contributed by atoms with Gasteiger partial charge in [0.1, 0.15) is 0 Å². The predicted molar refractivity (Wildman–Crippen MR) is 52.4 cm³/mol.